The van der Waals surface area contributed by atoms with Gasteiger partial charge in [-0.1, -0.05) is 24.3 Å². The highest BCUT2D eigenvalue weighted by Gasteiger charge is 2.17. The Balaban J connectivity index is 1.57. The number of rotatable bonds is 6. The SMILES string of the molecule is O=C(N/N=C/c1cc(I)ccc1O)/C(=C/c1ccc2c(c1)OCO2)NC(=O)c1ccccc1. The Morgan fingerprint density at radius 1 is 1.00 bits per heavy atom. The van der Waals surface area contributed by atoms with Gasteiger partial charge in [-0.3, -0.25) is 9.59 Å². The minimum atomic E-state index is -0.640. The summed E-state index contributed by atoms with van der Waals surface area (Å²) >= 11 is 2.11. The van der Waals surface area contributed by atoms with E-state index >= 15 is 0 Å². The minimum absolute atomic E-state index is 0.0215. The van der Waals surface area contributed by atoms with Crippen LogP contribution in [-0.2, 0) is 4.79 Å². The predicted molar refractivity (Wildman–Crippen MR) is 131 cm³/mol. The number of fused-ring (bicyclic) bond motifs is 1. The summed E-state index contributed by atoms with van der Waals surface area (Å²) in [5, 5.41) is 16.5. The molecule has 1 aliphatic heterocycles. The zero-order chi connectivity index (χ0) is 23.2. The number of nitrogens with zero attached hydrogens (tertiary/aromatic N) is 1. The molecular formula is C24H18IN3O5. The highest BCUT2D eigenvalue weighted by Crippen LogP contribution is 2.33. The second kappa shape index (κ2) is 10.2. The lowest BCUT2D eigenvalue weighted by molar-refractivity contribution is -0.117. The molecule has 0 saturated heterocycles. The number of hydrazone groups is 1. The van der Waals surface area contributed by atoms with Gasteiger partial charge < -0.3 is 19.9 Å². The average molecular weight is 555 g/mol. The first-order valence-corrected chi connectivity index (χ1v) is 10.9. The molecular weight excluding hydrogens is 537 g/mol. The Kier molecular flexibility index (Phi) is 6.89. The molecule has 33 heavy (non-hydrogen) atoms. The minimum Gasteiger partial charge on any atom is -0.507 e. The van der Waals surface area contributed by atoms with Crippen LogP contribution in [0.4, 0.5) is 0 Å². The molecule has 3 N–H and O–H groups in total. The van der Waals surface area contributed by atoms with Gasteiger partial charge in [0.2, 0.25) is 6.79 Å². The molecule has 0 radical (unpaired) electrons. The third-order valence-electron chi connectivity index (χ3n) is 4.60. The summed E-state index contributed by atoms with van der Waals surface area (Å²) in [7, 11) is 0. The molecule has 0 unspecified atom stereocenters. The number of hydrogen-bond acceptors (Lipinski definition) is 6. The van der Waals surface area contributed by atoms with Crippen LogP contribution >= 0.6 is 22.6 Å². The van der Waals surface area contributed by atoms with Crippen molar-refractivity contribution in [1.29, 1.82) is 0 Å². The van der Waals surface area contributed by atoms with Crippen LogP contribution < -0.4 is 20.2 Å². The van der Waals surface area contributed by atoms with Crippen molar-refractivity contribution in [2.45, 2.75) is 0 Å². The van der Waals surface area contributed by atoms with Crippen LogP contribution in [0.2, 0.25) is 0 Å². The summed E-state index contributed by atoms with van der Waals surface area (Å²) in [4.78, 5) is 25.5. The van der Waals surface area contributed by atoms with Crippen LogP contribution in [-0.4, -0.2) is 29.9 Å². The van der Waals surface area contributed by atoms with Crippen LogP contribution in [0.15, 0.2) is 77.5 Å². The van der Waals surface area contributed by atoms with Crippen LogP contribution in [0.3, 0.4) is 0 Å². The molecule has 1 heterocycles. The lowest BCUT2D eigenvalue weighted by Gasteiger charge is -2.09. The Bertz CT molecular complexity index is 1260. The first-order valence-electron chi connectivity index (χ1n) is 9.79. The van der Waals surface area contributed by atoms with Gasteiger partial charge in [0, 0.05) is 14.7 Å². The second-order valence-electron chi connectivity index (χ2n) is 6.89. The molecule has 2 amide bonds. The van der Waals surface area contributed by atoms with E-state index < -0.39 is 11.8 Å². The zero-order valence-electron chi connectivity index (χ0n) is 17.1. The van der Waals surface area contributed by atoms with E-state index in [1.54, 1.807) is 60.7 Å². The second-order valence-corrected chi connectivity index (χ2v) is 8.14. The van der Waals surface area contributed by atoms with E-state index in [1.807, 2.05) is 0 Å². The maximum Gasteiger partial charge on any atom is 0.287 e. The highest BCUT2D eigenvalue weighted by molar-refractivity contribution is 14.1. The molecule has 0 aliphatic carbocycles. The summed E-state index contributed by atoms with van der Waals surface area (Å²) < 4.78 is 11.6. The van der Waals surface area contributed by atoms with Gasteiger partial charge in [-0.25, -0.2) is 5.43 Å². The molecule has 1 aliphatic rings. The van der Waals surface area contributed by atoms with Gasteiger partial charge in [-0.15, -0.1) is 0 Å². The van der Waals surface area contributed by atoms with E-state index in [-0.39, 0.29) is 18.2 Å². The van der Waals surface area contributed by atoms with Gasteiger partial charge in [0.15, 0.2) is 11.5 Å². The Hall–Kier alpha value is -3.86. The van der Waals surface area contributed by atoms with Crippen molar-refractivity contribution in [3.05, 3.63) is 92.7 Å². The smallest absolute Gasteiger partial charge is 0.287 e. The molecule has 0 fully saturated rings. The fraction of sp³-hybridized carbons (Fsp3) is 0.0417. The van der Waals surface area contributed by atoms with E-state index in [9.17, 15) is 14.7 Å². The van der Waals surface area contributed by atoms with Gasteiger partial charge >= 0.3 is 0 Å². The van der Waals surface area contributed by atoms with Crippen LogP contribution in [0.25, 0.3) is 6.08 Å². The summed E-state index contributed by atoms with van der Waals surface area (Å²) in [5.74, 6) is 0.0932. The van der Waals surface area contributed by atoms with Crippen molar-refractivity contribution < 1.29 is 24.2 Å². The van der Waals surface area contributed by atoms with E-state index in [0.29, 0.717) is 28.2 Å². The number of benzene rings is 3. The van der Waals surface area contributed by atoms with Gasteiger partial charge in [-0.2, -0.15) is 5.10 Å². The topological polar surface area (TPSA) is 109 Å². The van der Waals surface area contributed by atoms with E-state index in [2.05, 4.69) is 38.4 Å². The highest BCUT2D eigenvalue weighted by atomic mass is 127. The van der Waals surface area contributed by atoms with Crippen LogP contribution in [0.1, 0.15) is 21.5 Å². The Labute approximate surface area is 203 Å². The van der Waals surface area contributed by atoms with E-state index in [0.717, 1.165) is 3.57 Å². The molecule has 0 aromatic heterocycles. The number of phenolic OH excluding ortho intramolecular Hbond substituents is 1. The van der Waals surface area contributed by atoms with Crippen molar-refractivity contribution in [3.63, 3.8) is 0 Å². The normalized spacial score (nSPS) is 12.6. The lowest BCUT2D eigenvalue weighted by atomic mass is 10.1. The quantitative estimate of drug-likeness (QED) is 0.186. The fourth-order valence-electron chi connectivity index (χ4n) is 2.96. The van der Waals surface area contributed by atoms with Gasteiger partial charge in [0.25, 0.3) is 11.8 Å². The lowest BCUT2D eigenvalue weighted by Crippen LogP contribution is -2.32. The summed E-state index contributed by atoms with van der Waals surface area (Å²) in [5.41, 5.74) is 3.82. The largest absolute Gasteiger partial charge is 0.507 e. The number of phenols is 1. The van der Waals surface area contributed by atoms with Crippen LogP contribution in [0, 0.1) is 3.57 Å². The third kappa shape index (κ3) is 5.69. The third-order valence-corrected chi connectivity index (χ3v) is 5.27. The molecule has 3 aromatic carbocycles. The van der Waals surface area contributed by atoms with Crippen molar-refractivity contribution in [3.8, 4) is 17.2 Å². The number of hydrogen-bond donors (Lipinski definition) is 3. The number of amides is 2. The number of ether oxygens (including phenoxy) is 2. The Morgan fingerprint density at radius 3 is 2.61 bits per heavy atom. The van der Waals surface area contributed by atoms with Gasteiger partial charge in [0.1, 0.15) is 11.4 Å². The zero-order valence-corrected chi connectivity index (χ0v) is 19.3. The molecule has 166 valence electrons. The number of nitrogens with one attached hydrogen (secondary N) is 2. The molecule has 9 heteroatoms. The maximum absolute atomic E-state index is 12.9. The fourth-order valence-corrected chi connectivity index (χ4v) is 3.48. The summed E-state index contributed by atoms with van der Waals surface area (Å²) in [6, 6.07) is 18.7. The molecule has 3 aromatic rings. The predicted octanol–water partition coefficient (Wildman–Crippen LogP) is 3.65. The van der Waals surface area contributed by atoms with E-state index in [1.165, 1.54) is 18.4 Å². The molecule has 0 saturated carbocycles. The standard InChI is InChI=1S/C24H18IN3O5/c25-18-7-8-20(29)17(12-18)13-26-28-24(31)19(27-23(30)16-4-2-1-3-5-16)10-15-6-9-21-22(11-15)33-14-32-21/h1-13,29H,14H2,(H,27,30)(H,28,31)/b19-10-,26-13+. The first kappa shape index (κ1) is 22.3. The number of carbonyl (C=O) groups excluding carboxylic acids is 2. The van der Waals surface area contributed by atoms with Crippen molar-refractivity contribution >= 4 is 46.7 Å². The number of carbonyl (C=O) groups is 2. The summed E-state index contributed by atoms with van der Waals surface area (Å²) in [6.07, 6.45) is 2.84. The molecule has 4 rings (SSSR count). The monoisotopic (exact) mass is 555 g/mol. The Morgan fingerprint density at radius 2 is 1.79 bits per heavy atom. The average Bonchev–Trinajstić information content (AvgIpc) is 3.29. The molecule has 0 atom stereocenters. The number of aromatic hydroxyl groups is 1. The van der Waals surface area contributed by atoms with Crippen molar-refractivity contribution in [2.24, 2.45) is 5.10 Å². The maximum atomic E-state index is 12.9. The van der Waals surface area contributed by atoms with Crippen LogP contribution in [0.5, 0.6) is 17.2 Å². The van der Waals surface area contributed by atoms with Crippen molar-refractivity contribution in [2.75, 3.05) is 6.79 Å². The van der Waals surface area contributed by atoms with Gasteiger partial charge in [-0.05, 0) is 76.7 Å². The molecule has 8 nitrogen and oxygen atoms in total. The van der Waals surface area contributed by atoms with Gasteiger partial charge in [0.05, 0.1) is 6.21 Å². The molecule has 0 bridgehead atoms. The van der Waals surface area contributed by atoms with E-state index in [4.69, 9.17) is 9.47 Å². The number of halogens is 1. The first-order chi connectivity index (χ1) is 16.0. The van der Waals surface area contributed by atoms with Crippen molar-refractivity contribution in [1.82, 2.24) is 10.7 Å². The molecule has 0 spiro atoms. The summed E-state index contributed by atoms with van der Waals surface area (Å²) in [6.45, 7) is 0.126.